The van der Waals surface area contributed by atoms with Crippen molar-refractivity contribution in [3.8, 4) is 0 Å². The molecule has 0 bridgehead atoms. The van der Waals surface area contributed by atoms with Crippen molar-refractivity contribution in [1.29, 1.82) is 0 Å². The molecule has 1 aliphatic rings. The zero-order valence-electron chi connectivity index (χ0n) is 16.6. The number of rotatable bonds is 6. The van der Waals surface area contributed by atoms with E-state index in [0.29, 0.717) is 17.6 Å². The number of amides is 1. The van der Waals surface area contributed by atoms with Gasteiger partial charge in [0.25, 0.3) is 5.91 Å². The average Bonchev–Trinajstić information content (AvgIpc) is 3.19. The SMILES string of the molecule is O=C(CC[C@@H]1CCCC[C@H]1O)c1ccc(F)c(NC(=O)c2cnc3ccccn23)c1. The molecule has 2 atom stereocenters. The lowest BCUT2D eigenvalue weighted by Crippen LogP contribution is -2.25. The number of hydrogen-bond donors (Lipinski definition) is 2. The Morgan fingerprint density at radius 1 is 1.20 bits per heavy atom. The summed E-state index contributed by atoms with van der Waals surface area (Å²) in [6.07, 6.45) is 7.49. The van der Waals surface area contributed by atoms with E-state index in [4.69, 9.17) is 0 Å². The first-order valence-corrected chi connectivity index (χ1v) is 10.3. The second-order valence-electron chi connectivity index (χ2n) is 7.79. The molecule has 1 saturated carbocycles. The number of carbonyl (C=O) groups is 2. The number of nitrogens with one attached hydrogen (secondary N) is 1. The molecule has 2 heterocycles. The first-order valence-electron chi connectivity index (χ1n) is 10.3. The molecule has 1 aliphatic carbocycles. The number of halogens is 1. The Kier molecular flexibility index (Phi) is 5.90. The number of ketones is 1. The second-order valence-corrected chi connectivity index (χ2v) is 7.79. The van der Waals surface area contributed by atoms with Crippen molar-refractivity contribution < 1.29 is 19.1 Å². The van der Waals surface area contributed by atoms with E-state index in [1.807, 2.05) is 6.07 Å². The van der Waals surface area contributed by atoms with Gasteiger partial charge in [-0.3, -0.25) is 14.0 Å². The Morgan fingerprint density at radius 3 is 2.87 bits per heavy atom. The van der Waals surface area contributed by atoms with Crippen LogP contribution in [0.2, 0.25) is 0 Å². The van der Waals surface area contributed by atoms with Crippen molar-refractivity contribution in [2.24, 2.45) is 5.92 Å². The minimum atomic E-state index is -0.614. The van der Waals surface area contributed by atoms with Gasteiger partial charge < -0.3 is 10.4 Å². The van der Waals surface area contributed by atoms with E-state index in [1.165, 1.54) is 24.4 Å². The summed E-state index contributed by atoms with van der Waals surface area (Å²) in [4.78, 5) is 29.4. The van der Waals surface area contributed by atoms with Gasteiger partial charge in [0.2, 0.25) is 0 Å². The summed E-state index contributed by atoms with van der Waals surface area (Å²) in [6, 6.07) is 9.33. The lowest BCUT2D eigenvalue weighted by Gasteiger charge is -2.27. The number of carbonyl (C=O) groups excluding carboxylic acids is 2. The molecule has 0 unspecified atom stereocenters. The molecule has 1 amide bonds. The Labute approximate surface area is 173 Å². The smallest absolute Gasteiger partial charge is 0.274 e. The van der Waals surface area contributed by atoms with E-state index in [9.17, 15) is 19.1 Å². The summed E-state index contributed by atoms with van der Waals surface area (Å²) in [5.41, 5.74) is 1.18. The standard InChI is InChI=1S/C23H24FN3O3/c24-17-10-8-16(21(29)11-9-15-5-1-2-6-20(15)28)13-18(17)26-23(30)19-14-25-22-7-3-4-12-27(19)22/h3-4,7-8,10,12-15,20,28H,1-2,5-6,9,11H2,(H,26,30)/t15-,20+/m0/s1. The molecule has 3 aromatic rings. The number of hydrogen-bond acceptors (Lipinski definition) is 4. The second kappa shape index (κ2) is 8.75. The van der Waals surface area contributed by atoms with Gasteiger partial charge in [-0.05, 0) is 55.5 Å². The van der Waals surface area contributed by atoms with E-state index in [-0.39, 0.29) is 35.6 Å². The maximum Gasteiger partial charge on any atom is 0.274 e. The maximum atomic E-state index is 14.3. The Balaban J connectivity index is 1.46. The summed E-state index contributed by atoms with van der Waals surface area (Å²) < 4.78 is 15.9. The van der Waals surface area contributed by atoms with Crippen LogP contribution in [-0.4, -0.2) is 32.3 Å². The van der Waals surface area contributed by atoms with Crippen LogP contribution in [0.5, 0.6) is 0 Å². The van der Waals surface area contributed by atoms with Gasteiger partial charge in [-0.1, -0.05) is 18.9 Å². The van der Waals surface area contributed by atoms with Crippen LogP contribution in [0.15, 0.2) is 48.8 Å². The average molecular weight is 409 g/mol. The van der Waals surface area contributed by atoms with Crippen LogP contribution in [0.4, 0.5) is 10.1 Å². The zero-order valence-corrected chi connectivity index (χ0v) is 16.6. The fraction of sp³-hybridized carbons (Fsp3) is 0.348. The molecular weight excluding hydrogens is 385 g/mol. The molecule has 156 valence electrons. The molecule has 2 N–H and O–H groups in total. The van der Waals surface area contributed by atoms with E-state index < -0.39 is 11.7 Å². The number of aliphatic hydroxyl groups excluding tert-OH is 1. The lowest BCUT2D eigenvalue weighted by molar-refractivity contribution is 0.0623. The number of nitrogens with zero attached hydrogens (tertiary/aromatic N) is 2. The summed E-state index contributed by atoms with van der Waals surface area (Å²) in [5, 5.41) is 12.6. The van der Waals surface area contributed by atoms with Crippen molar-refractivity contribution in [1.82, 2.24) is 9.38 Å². The molecule has 2 aromatic heterocycles. The van der Waals surface area contributed by atoms with Crippen molar-refractivity contribution in [2.75, 3.05) is 5.32 Å². The predicted octanol–water partition coefficient (Wildman–Crippen LogP) is 4.24. The fourth-order valence-electron chi connectivity index (χ4n) is 4.07. The molecule has 6 nitrogen and oxygen atoms in total. The van der Waals surface area contributed by atoms with Crippen LogP contribution < -0.4 is 5.32 Å². The molecule has 7 heteroatoms. The molecular formula is C23H24FN3O3. The van der Waals surface area contributed by atoms with Gasteiger partial charge in [0.15, 0.2) is 5.78 Å². The van der Waals surface area contributed by atoms with Gasteiger partial charge in [0, 0.05) is 18.2 Å². The quantitative estimate of drug-likeness (QED) is 0.597. The van der Waals surface area contributed by atoms with E-state index in [0.717, 1.165) is 25.7 Å². The van der Waals surface area contributed by atoms with E-state index >= 15 is 0 Å². The Morgan fingerprint density at radius 2 is 2.03 bits per heavy atom. The highest BCUT2D eigenvalue weighted by atomic mass is 19.1. The molecule has 1 aromatic carbocycles. The predicted molar refractivity (Wildman–Crippen MR) is 111 cm³/mol. The molecule has 0 saturated heterocycles. The van der Waals surface area contributed by atoms with Crippen molar-refractivity contribution in [3.05, 3.63) is 65.9 Å². The van der Waals surface area contributed by atoms with Gasteiger partial charge in [0.05, 0.1) is 18.0 Å². The molecule has 1 fully saturated rings. The number of aromatic nitrogens is 2. The molecule has 4 rings (SSSR count). The first kappa shape index (κ1) is 20.2. The minimum Gasteiger partial charge on any atom is -0.393 e. The number of benzene rings is 1. The number of imidazole rings is 1. The van der Waals surface area contributed by atoms with Crippen LogP contribution in [-0.2, 0) is 0 Å². The van der Waals surface area contributed by atoms with Crippen molar-refractivity contribution in [3.63, 3.8) is 0 Å². The topological polar surface area (TPSA) is 83.7 Å². The van der Waals surface area contributed by atoms with Crippen LogP contribution >= 0.6 is 0 Å². The van der Waals surface area contributed by atoms with E-state index in [1.54, 1.807) is 22.7 Å². The van der Waals surface area contributed by atoms with Crippen LogP contribution in [0.1, 0.15) is 59.4 Å². The van der Waals surface area contributed by atoms with Gasteiger partial charge in [0.1, 0.15) is 17.2 Å². The van der Waals surface area contributed by atoms with Crippen LogP contribution in [0.3, 0.4) is 0 Å². The molecule has 0 aliphatic heterocycles. The third-order valence-corrected chi connectivity index (χ3v) is 5.80. The van der Waals surface area contributed by atoms with Crippen LogP contribution in [0.25, 0.3) is 5.65 Å². The fourth-order valence-corrected chi connectivity index (χ4v) is 4.07. The number of anilines is 1. The van der Waals surface area contributed by atoms with Crippen molar-refractivity contribution >= 4 is 23.0 Å². The molecule has 0 radical (unpaired) electrons. The number of Topliss-reactive ketones (excluding diaryl/α,β-unsaturated/α-hetero) is 1. The highest BCUT2D eigenvalue weighted by Gasteiger charge is 2.24. The molecule has 0 spiro atoms. The summed E-state index contributed by atoms with van der Waals surface area (Å²) >= 11 is 0. The van der Waals surface area contributed by atoms with Gasteiger partial charge in [-0.25, -0.2) is 9.37 Å². The minimum absolute atomic E-state index is 0.0468. The van der Waals surface area contributed by atoms with E-state index in [2.05, 4.69) is 10.3 Å². The Hall–Kier alpha value is -3.06. The molecule has 30 heavy (non-hydrogen) atoms. The first-order chi connectivity index (χ1) is 14.5. The summed E-state index contributed by atoms with van der Waals surface area (Å²) in [6.45, 7) is 0. The Bertz CT molecular complexity index is 1080. The normalized spacial score (nSPS) is 19.0. The zero-order chi connectivity index (χ0) is 21.1. The summed E-state index contributed by atoms with van der Waals surface area (Å²) in [7, 11) is 0. The third kappa shape index (κ3) is 4.26. The van der Waals surface area contributed by atoms with Crippen molar-refractivity contribution in [2.45, 2.75) is 44.6 Å². The van der Waals surface area contributed by atoms with Gasteiger partial charge in [-0.15, -0.1) is 0 Å². The third-order valence-electron chi connectivity index (χ3n) is 5.80. The van der Waals surface area contributed by atoms with Crippen LogP contribution in [0, 0.1) is 11.7 Å². The maximum absolute atomic E-state index is 14.3. The summed E-state index contributed by atoms with van der Waals surface area (Å²) in [5.74, 6) is -1.12. The van der Waals surface area contributed by atoms with Gasteiger partial charge in [-0.2, -0.15) is 0 Å². The lowest BCUT2D eigenvalue weighted by atomic mass is 9.83. The monoisotopic (exact) mass is 409 g/mol. The number of pyridine rings is 1. The number of fused-ring (bicyclic) bond motifs is 1. The largest absolute Gasteiger partial charge is 0.393 e. The van der Waals surface area contributed by atoms with Gasteiger partial charge >= 0.3 is 0 Å². The highest BCUT2D eigenvalue weighted by Crippen LogP contribution is 2.29. The number of aliphatic hydroxyl groups is 1. The highest BCUT2D eigenvalue weighted by molar-refractivity contribution is 6.04.